The average Bonchev–Trinajstić information content (AvgIpc) is 3.67. The number of aliphatic hydroxyl groups is 2. The van der Waals surface area contributed by atoms with Gasteiger partial charge in [-0.15, -0.1) is 0 Å². The number of rotatable bonds is 8. The molecule has 2 aromatic heterocycles. The SMILES string of the molecule is CC[C@H]1OC(=O)[C@H](C)C(=O)[C@H](C)[C@@H](O[C@@H]2O[C@H](C)C[C@H](N(C)C)[C@H]2O)[C@@]2(C)C[C@@H](C)C(=NC(C)=O)[C@H](C)[C@H](OC/C(=N\OCc3cn(-c4cccc(N)n4)cn3)CO2)[C@]1(C)O. The Morgan fingerprint density at radius 2 is 1.84 bits per heavy atom. The van der Waals surface area contributed by atoms with Gasteiger partial charge in [-0.25, -0.2) is 15.0 Å². The van der Waals surface area contributed by atoms with Crippen molar-refractivity contribution in [1.82, 2.24) is 19.4 Å². The zero-order valence-corrected chi connectivity index (χ0v) is 37.3. The van der Waals surface area contributed by atoms with Gasteiger partial charge in [0.25, 0.3) is 0 Å². The lowest BCUT2D eigenvalue weighted by molar-refractivity contribution is -0.296. The van der Waals surface area contributed by atoms with Crippen molar-refractivity contribution in [3.63, 3.8) is 0 Å². The van der Waals surface area contributed by atoms with E-state index in [0.717, 1.165) is 0 Å². The van der Waals surface area contributed by atoms with Gasteiger partial charge in [-0.1, -0.05) is 38.9 Å². The number of imidazole rings is 1. The average molecular weight is 856 g/mol. The van der Waals surface area contributed by atoms with E-state index in [4.69, 9.17) is 34.3 Å². The van der Waals surface area contributed by atoms with E-state index in [1.807, 2.05) is 32.8 Å². The largest absolute Gasteiger partial charge is 0.459 e. The van der Waals surface area contributed by atoms with Crippen molar-refractivity contribution in [1.29, 1.82) is 0 Å². The zero-order chi connectivity index (χ0) is 45.0. The van der Waals surface area contributed by atoms with Crippen LogP contribution in [0, 0.1) is 23.7 Å². The Bertz CT molecular complexity index is 1920. The number of ketones is 1. The number of hydrogen-bond acceptors (Lipinski definition) is 16. The third-order valence-corrected chi connectivity index (χ3v) is 12.2. The van der Waals surface area contributed by atoms with E-state index in [2.05, 4.69) is 20.1 Å². The van der Waals surface area contributed by atoms with Crippen LogP contribution in [0.25, 0.3) is 5.82 Å². The van der Waals surface area contributed by atoms with Crippen LogP contribution in [0.2, 0.25) is 0 Å². The van der Waals surface area contributed by atoms with Crippen LogP contribution in [0.4, 0.5) is 5.82 Å². The first kappa shape index (κ1) is 47.9. The minimum absolute atomic E-state index is 0.0504. The van der Waals surface area contributed by atoms with Crippen molar-refractivity contribution < 1.29 is 53.1 Å². The zero-order valence-electron chi connectivity index (χ0n) is 37.3. The first-order chi connectivity index (χ1) is 28.7. The molecule has 4 N–H and O–H groups in total. The second kappa shape index (κ2) is 19.9. The number of amides is 1. The van der Waals surface area contributed by atoms with Crippen molar-refractivity contribution in [2.75, 3.05) is 33.0 Å². The molecule has 5 rings (SSSR count). The van der Waals surface area contributed by atoms with Crippen LogP contribution < -0.4 is 5.73 Å². The molecule has 61 heavy (non-hydrogen) atoms. The number of nitrogens with two attached hydrogens (primary N) is 1. The number of ether oxygens (including phenoxy) is 5. The second-order valence-corrected chi connectivity index (χ2v) is 17.5. The molecule has 3 saturated heterocycles. The molecule has 1 amide bonds. The third kappa shape index (κ3) is 11.1. The first-order valence-electron chi connectivity index (χ1n) is 21.1. The van der Waals surface area contributed by atoms with E-state index in [-0.39, 0.29) is 50.5 Å². The Hall–Kier alpha value is -4.17. The van der Waals surface area contributed by atoms with Crippen LogP contribution in [-0.2, 0) is 49.5 Å². The van der Waals surface area contributed by atoms with Gasteiger partial charge in [0, 0.05) is 36.7 Å². The summed E-state index contributed by atoms with van der Waals surface area (Å²) in [6, 6.07) is 4.92. The van der Waals surface area contributed by atoms with E-state index >= 15 is 0 Å². The molecule has 3 fully saturated rings. The Balaban J connectivity index is 1.63. The number of carbonyl (C=O) groups is 3. The van der Waals surface area contributed by atoms with Crippen molar-refractivity contribution in [3.8, 4) is 5.82 Å². The lowest BCUT2D eigenvalue weighted by Crippen LogP contribution is -2.60. The Morgan fingerprint density at radius 1 is 1.11 bits per heavy atom. The van der Waals surface area contributed by atoms with E-state index in [1.54, 1.807) is 63.0 Å². The Morgan fingerprint density at radius 3 is 2.49 bits per heavy atom. The number of esters is 1. The molecule has 18 nitrogen and oxygen atoms in total. The van der Waals surface area contributed by atoms with E-state index in [1.165, 1.54) is 20.8 Å². The smallest absolute Gasteiger partial charge is 0.316 e. The van der Waals surface area contributed by atoms with E-state index < -0.39 is 83.2 Å². The van der Waals surface area contributed by atoms with Gasteiger partial charge in [-0.3, -0.25) is 19.0 Å². The summed E-state index contributed by atoms with van der Waals surface area (Å²) in [5.74, 6) is -4.49. The summed E-state index contributed by atoms with van der Waals surface area (Å²) in [6.07, 6.45) is -1.93. The van der Waals surface area contributed by atoms with Crippen LogP contribution in [0.3, 0.4) is 0 Å². The molecule has 0 aliphatic carbocycles. The van der Waals surface area contributed by atoms with Gasteiger partial charge in [0.15, 0.2) is 18.7 Å². The summed E-state index contributed by atoms with van der Waals surface area (Å²) in [5.41, 5.74) is 3.78. The molecule has 3 aliphatic heterocycles. The second-order valence-electron chi connectivity index (χ2n) is 17.5. The van der Waals surface area contributed by atoms with Crippen LogP contribution in [0.5, 0.6) is 0 Å². The highest BCUT2D eigenvalue weighted by atomic mass is 16.7. The van der Waals surface area contributed by atoms with Gasteiger partial charge in [-0.2, -0.15) is 0 Å². The number of oxime groups is 1. The summed E-state index contributed by atoms with van der Waals surface area (Å²) < 4.78 is 34.2. The minimum atomic E-state index is -1.87. The minimum Gasteiger partial charge on any atom is -0.459 e. The van der Waals surface area contributed by atoms with Crippen molar-refractivity contribution in [2.45, 2.75) is 142 Å². The molecule has 3 aliphatic rings. The molecule has 2 bridgehead atoms. The van der Waals surface area contributed by atoms with E-state index in [0.29, 0.717) is 29.5 Å². The number of cyclic esters (lactones) is 1. The number of nitrogens with zero attached hydrogens (tertiary/aromatic N) is 6. The number of aromatic nitrogens is 3. The number of nitrogen functional groups attached to an aromatic ring is 1. The van der Waals surface area contributed by atoms with Gasteiger partial charge in [0.1, 0.15) is 47.4 Å². The third-order valence-electron chi connectivity index (χ3n) is 12.2. The van der Waals surface area contributed by atoms with Crippen molar-refractivity contribution in [2.24, 2.45) is 33.8 Å². The van der Waals surface area contributed by atoms with Gasteiger partial charge in [0.05, 0.1) is 42.8 Å². The fourth-order valence-corrected chi connectivity index (χ4v) is 8.94. The quantitative estimate of drug-likeness (QED) is 0.197. The van der Waals surface area contributed by atoms with Gasteiger partial charge in [-0.05, 0) is 79.1 Å². The fraction of sp³-hybridized carbons (Fsp3) is 0.698. The molecule has 0 aromatic carbocycles. The number of Topliss-reactive ketones (excluding diaryl/α,β-unsaturated/α-hetero) is 1. The van der Waals surface area contributed by atoms with Gasteiger partial charge >= 0.3 is 5.97 Å². The highest BCUT2D eigenvalue weighted by Gasteiger charge is 2.53. The molecule has 2 aromatic rings. The maximum atomic E-state index is 14.5. The molecule has 0 radical (unpaired) electrons. The van der Waals surface area contributed by atoms with Crippen LogP contribution >= 0.6 is 0 Å². The molecule has 0 unspecified atom stereocenters. The molecular weight excluding hydrogens is 791 g/mol. The number of hydrogen-bond donors (Lipinski definition) is 3. The van der Waals surface area contributed by atoms with Gasteiger partial charge in [0.2, 0.25) is 5.91 Å². The highest BCUT2D eigenvalue weighted by Crippen LogP contribution is 2.40. The molecule has 5 heterocycles. The van der Waals surface area contributed by atoms with Crippen LogP contribution in [0.1, 0.15) is 87.3 Å². The normalized spacial score (nSPS) is 37.2. The first-order valence-corrected chi connectivity index (χ1v) is 21.1. The molecule has 0 saturated carbocycles. The fourth-order valence-electron chi connectivity index (χ4n) is 8.94. The number of aliphatic hydroxyl groups excluding tert-OH is 1. The summed E-state index contributed by atoms with van der Waals surface area (Å²) in [5, 5.41) is 28.6. The van der Waals surface area contributed by atoms with E-state index in [9.17, 15) is 24.6 Å². The molecular formula is C43H65N7O11. The number of aliphatic imine (C=N–C) groups is 1. The number of likely N-dealkylation sites (N-methyl/N-ethyl adjacent to an activating group) is 1. The summed E-state index contributed by atoms with van der Waals surface area (Å²) in [6.45, 7) is 14.5. The lowest BCUT2D eigenvalue weighted by atomic mass is 9.73. The number of fused-ring (bicyclic) bond motifs is 5. The monoisotopic (exact) mass is 855 g/mol. The van der Waals surface area contributed by atoms with Gasteiger partial charge < -0.3 is 49.4 Å². The number of pyridine rings is 1. The molecule has 338 valence electrons. The standard InChI is InChI=1S/C43H65N7O11/c1-12-32-43(9,55)39-25(4)35(46-28(7)51)23(2)17-42(8,57-20-30(19-56-39)48-58-21-29-18-50(22-45-29)34-15-13-14-33(44)47-34)38(26(5)36(52)27(6)40(54)60-32)61-41-37(53)31(49(10)11)16-24(3)59-41/h13-15,18,22-27,31-32,37-39,41,53,55H,12,16-17,19-21H2,1-11H3,(H2,44,47)/b46-35?,48-30+/t23-,24-,25+,26+,27-,31+,32-,37-,38-,39+,41+,42-,43-/m1/s1. The summed E-state index contributed by atoms with van der Waals surface area (Å²) in [4.78, 5) is 62.2. The predicted molar refractivity (Wildman–Crippen MR) is 225 cm³/mol. The van der Waals surface area contributed by atoms with Crippen LogP contribution in [-0.4, -0.2) is 140 Å². The number of anilines is 1. The molecule has 13 atom stereocenters. The van der Waals surface area contributed by atoms with Crippen molar-refractivity contribution >= 4 is 34.9 Å². The molecule has 0 spiro atoms. The Kier molecular flexibility index (Phi) is 15.6. The summed E-state index contributed by atoms with van der Waals surface area (Å²) >= 11 is 0. The summed E-state index contributed by atoms with van der Waals surface area (Å²) in [7, 11) is 3.72. The highest BCUT2D eigenvalue weighted by molar-refractivity contribution is 6.00. The maximum absolute atomic E-state index is 14.5. The predicted octanol–water partition coefficient (Wildman–Crippen LogP) is 3.28. The topological polar surface area (TPSA) is 232 Å². The lowest BCUT2D eigenvalue weighted by Gasteiger charge is -2.47. The molecule has 18 heteroatoms. The van der Waals surface area contributed by atoms with Crippen molar-refractivity contribution in [3.05, 3.63) is 36.4 Å². The Labute approximate surface area is 358 Å². The number of carbonyl (C=O) groups excluding carboxylic acids is 3. The maximum Gasteiger partial charge on any atom is 0.316 e. The van der Waals surface area contributed by atoms with Crippen LogP contribution in [0.15, 0.2) is 40.9 Å².